The van der Waals surface area contributed by atoms with Crippen molar-refractivity contribution in [1.29, 1.82) is 0 Å². The number of hydrogen-bond acceptors (Lipinski definition) is 4. The summed E-state index contributed by atoms with van der Waals surface area (Å²) >= 11 is 0. The summed E-state index contributed by atoms with van der Waals surface area (Å²) in [7, 11) is 0. The molecule has 138 valence electrons. The van der Waals surface area contributed by atoms with Gasteiger partial charge in [0.2, 0.25) is 0 Å². The van der Waals surface area contributed by atoms with Gasteiger partial charge in [0.05, 0.1) is 18.9 Å². The fraction of sp³-hybridized carbons (Fsp3) is 0.190. The minimum atomic E-state index is -0.320. The second-order valence-electron chi connectivity index (χ2n) is 6.49. The Morgan fingerprint density at radius 3 is 2.63 bits per heavy atom. The Kier molecular flexibility index (Phi) is 4.80. The lowest BCUT2D eigenvalue weighted by Gasteiger charge is -2.28. The number of benzene rings is 2. The minimum Gasteiger partial charge on any atom is -0.394 e. The number of aromatic amines is 1. The number of nitrogens with one attached hydrogen (secondary N) is 2. The van der Waals surface area contributed by atoms with Crippen LogP contribution >= 0.6 is 0 Å². The van der Waals surface area contributed by atoms with E-state index >= 15 is 0 Å². The van der Waals surface area contributed by atoms with Gasteiger partial charge in [0.15, 0.2) is 0 Å². The average molecular weight is 362 g/mol. The molecule has 6 nitrogen and oxygen atoms in total. The maximum absolute atomic E-state index is 12.4. The number of morpholine rings is 1. The van der Waals surface area contributed by atoms with Crippen molar-refractivity contribution in [3.63, 3.8) is 0 Å². The summed E-state index contributed by atoms with van der Waals surface area (Å²) in [6.07, 6.45) is 3.54. The van der Waals surface area contributed by atoms with Crippen LogP contribution in [0.2, 0.25) is 0 Å². The Bertz CT molecular complexity index is 969. The van der Waals surface area contributed by atoms with Gasteiger partial charge in [-0.3, -0.25) is 4.79 Å². The molecule has 1 saturated heterocycles. The highest BCUT2D eigenvalue weighted by Gasteiger charge is 2.12. The van der Waals surface area contributed by atoms with Gasteiger partial charge in [-0.05, 0) is 36.4 Å². The number of hydrogen-bond donors (Lipinski definition) is 3. The van der Waals surface area contributed by atoms with E-state index in [4.69, 9.17) is 10.5 Å². The third kappa shape index (κ3) is 3.80. The lowest BCUT2D eigenvalue weighted by molar-refractivity contribution is -0.112. The first-order chi connectivity index (χ1) is 13.2. The van der Waals surface area contributed by atoms with E-state index in [0.29, 0.717) is 5.69 Å². The first-order valence-corrected chi connectivity index (χ1v) is 8.98. The molecule has 2 heterocycles. The second-order valence-corrected chi connectivity index (χ2v) is 6.49. The van der Waals surface area contributed by atoms with Crippen LogP contribution in [0.15, 0.2) is 60.4 Å². The van der Waals surface area contributed by atoms with E-state index in [0.717, 1.165) is 48.5 Å². The van der Waals surface area contributed by atoms with Crippen LogP contribution < -0.4 is 16.0 Å². The quantitative estimate of drug-likeness (QED) is 0.623. The molecule has 0 unspecified atom stereocenters. The molecule has 1 aliphatic rings. The first kappa shape index (κ1) is 17.2. The summed E-state index contributed by atoms with van der Waals surface area (Å²) in [6.45, 7) is 3.25. The largest absolute Gasteiger partial charge is 0.394 e. The highest BCUT2D eigenvalue weighted by atomic mass is 16.5. The Labute approximate surface area is 157 Å². The van der Waals surface area contributed by atoms with E-state index < -0.39 is 0 Å². The maximum Gasteiger partial charge on any atom is 0.271 e. The molecule has 4 rings (SSSR count). The van der Waals surface area contributed by atoms with Gasteiger partial charge in [-0.1, -0.05) is 18.2 Å². The molecule has 0 bridgehead atoms. The van der Waals surface area contributed by atoms with Gasteiger partial charge in [-0.25, -0.2) is 0 Å². The third-order valence-electron chi connectivity index (χ3n) is 4.70. The monoisotopic (exact) mass is 362 g/mol. The predicted molar refractivity (Wildman–Crippen MR) is 109 cm³/mol. The lowest BCUT2D eigenvalue weighted by Crippen LogP contribution is -2.36. The minimum absolute atomic E-state index is 0.164. The number of anilines is 2. The van der Waals surface area contributed by atoms with Crippen LogP contribution in [0.4, 0.5) is 11.4 Å². The fourth-order valence-corrected chi connectivity index (χ4v) is 3.23. The van der Waals surface area contributed by atoms with Gasteiger partial charge in [0.1, 0.15) is 0 Å². The number of ether oxygens (including phenoxy) is 1. The van der Waals surface area contributed by atoms with Gasteiger partial charge < -0.3 is 25.7 Å². The van der Waals surface area contributed by atoms with E-state index in [1.165, 1.54) is 0 Å². The first-order valence-electron chi connectivity index (χ1n) is 8.98. The molecule has 2 aromatic carbocycles. The zero-order valence-corrected chi connectivity index (χ0v) is 14.9. The van der Waals surface area contributed by atoms with Crippen molar-refractivity contribution < 1.29 is 9.53 Å². The number of nitrogens with zero attached hydrogens (tertiary/aromatic N) is 1. The van der Waals surface area contributed by atoms with E-state index in [-0.39, 0.29) is 11.6 Å². The number of para-hydroxylation sites is 1. The van der Waals surface area contributed by atoms with Crippen molar-refractivity contribution in [2.24, 2.45) is 5.73 Å². The zero-order valence-electron chi connectivity index (χ0n) is 14.9. The number of fused-ring (bicyclic) bond motifs is 1. The summed E-state index contributed by atoms with van der Waals surface area (Å²) in [5.41, 5.74) is 9.91. The third-order valence-corrected chi connectivity index (χ3v) is 4.70. The standard InChI is InChI=1S/C21H22N4O2/c22-19(13-15-14-23-20-4-2-1-3-18(15)20)21(26)24-16-5-7-17(8-6-16)25-9-11-27-12-10-25/h1-8,13-14,23H,9-12,22H2,(H,24,26). The fourth-order valence-electron chi connectivity index (χ4n) is 3.23. The number of amides is 1. The van der Waals surface area contributed by atoms with Crippen LogP contribution in [0.3, 0.4) is 0 Å². The predicted octanol–water partition coefficient (Wildman–Crippen LogP) is 2.94. The Hall–Kier alpha value is -3.25. The Balaban J connectivity index is 1.45. The molecule has 1 aromatic heterocycles. The van der Waals surface area contributed by atoms with Crippen LogP contribution in [0.25, 0.3) is 17.0 Å². The highest BCUT2D eigenvalue weighted by molar-refractivity contribution is 6.07. The molecule has 1 fully saturated rings. The van der Waals surface area contributed by atoms with E-state index in [9.17, 15) is 4.79 Å². The van der Waals surface area contributed by atoms with Crippen molar-refractivity contribution in [2.75, 3.05) is 36.5 Å². The summed E-state index contributed by atoms with van der Waals surface area (Å²) in [5.74, 6) is -0.320. The normalized spacial score (nSPS) is 15.1. The molecule has 0 radical (unpaired) electrons. The van der Waals surface area contributed by atoms with Gasteiger partial charge in [-0.15, -0.1) is 0 Å². The van der Waals surface area contributed by atoms with E-state index in [1.54, 1.807) is 6.08 Å². The van der Waals surface area contributed by atoms with Crippen LogP contribution in [0, 0.1) is 0 Å². The van der Waals surface area contributed by atoms with Crippen LogP contribution in [-0.4, -0.2) is 37.2 Å². The van der Waals surface area contributed by atoms with Gasteiger partial charge in [0.25, 0.3) is 5.91 Å². The van der Waals surface area contributed by atoms with Crippen LogP contribution in [0.1, 0.15) is 5.56 Å². The molecule has 27 heavy (non-hydrogen) atoms. The van der Waals surface area contributed by atoms with Crippen molar-refractivity contribution in [2.45, 2.75) is 0 Å². The number of nitrogens with two attached hydrogens (primary N) is 1. The smallest absolute Gasteiger partial charge is 0.271 e. The molecule has 0 spiro atoms. The molecule has 3 aromatic rings. The summed E-state index contributed by atoms with van der Waals surface area (Å²) < 4.78 is 5.37. The van der Waals surface area contributed by atoms with Gasteiger partial charge in [0, 0.05) is 47.1 Å². The highest BCUT2D eigenvalue weighted by Crippen LogP contribution is 2.21. The molecule has 0 aliphatic carbocycles. The number of carbonyl (C=O) groups excluding carboxylic acids is 1. The SMILES string of the molecule is NC(=Cc1c[nH]c2ccccc12)C(=O)Nc1ccc(N2CCOCC2)cc1. The lowest BCUT2D eigenvalue weighted by atomic mass is 10.1. The number of carbonyl (C=O) groups is 1. The topological polar surface area (TPSA) is 83.4 Å². The summed E-state index contributed by atoms with van der Waals surface area (Å²) in [4.78, 5) is 17.9. The molecule has 1 aliphatic heterocycles. The van der Waals surface area contributed by atoms with E-state index in [2.05, 4.69) is 15.2 Å². The number of rotatable bonds is 4. The van der Waals surface area contributed by atoms with Crippen LogP contribution in [0.5, 0.6) is 0 Å². The van der Waals surface area contributed by atoms with Crippen molar-refractivity contribution in [1.82, 2.24) is 4.98 Å². The summed E-state index contributed by atoms with van der Waals surface area (Å²) in [6, 6.07) is 15.7. The number of aromatic nitrogens is 1. The zero-order chi connectivity index (χ0) is 18.6. The molecule has 0 atom stereocenters. The molecular weight excluding hydrogens is 340 g/mol. The van der Waals surface area contributed by atoms with Gasteiger partial charge in [-0.2, -0.15) is 0 Å². The molecule has 1 amide bonds. The van der Waals surface area contributed by atoms with Crippen molar-refractivity contribution >= 4 is 34.3 Å². The van der Waals surface area contributed by atoms with E-state index in [1.807, 2.05) is 54.7 Å². The molecule has 6 heteroatoms. The average Bonchev–Trinajstić information content (AvgIpc) is 3.12. The summed E-state index contributed by atoms with van der Waals surface area (Å²) in [5, 5.41) is 3.88. The Morgan fingerprint density at radius 2 is 1.85 bits per heavy atom. The van der Waals surface area contributed by atoms with Crippen molar-refractivity contribution in [3.8, 4) is 0 Å². The molecule has 4 N–H and O–H groups in total. The van der Waals surface area contributed by atoms with Gasteiger partial charge >= 0.3 is 0 Å². The molecular formula is C21H22N4O2. The molecule has 0 saturated carbocycles. The second kappa shape index (κ2) is 7.55. The van der Waals surface area contributed by atoms with Crippen molar-refractivity contribution in [3.05, 3.63) is 66.0 Å². The van der Waals surface area contributed by atoms with Crippen LogP contribution in [-0.2, 0) is 9.53 Å². The number of H-pyrrole nitrogens is 1. The maximum atomic E-state index is 12.4. The Morgan fingerprint density at radius 1 is 1.11 bits per heavy atom.